The van der Waals surface area contributed by atoms with Crippen LogP contribution < -0.4 is 10.6 Å². The fraction of sp³-hybridized carbons (Fsp3) is 0.556. The molecular weight excluding hydrogens is 331 g/mol. The minimum atomic E-state index is -0.620. The number of carbonyl (C=O) groups is 2. The molecule has 0 aromatic heterocycles. The van der Waals surface area contributed by atoms with Gasteiger partial charge in [0, 0.05) is 18.5 Å². The lowest BCUT2D eigenvalue weighted by atomic mass is 9.70. The van der Waals surface area contributed by atoms with Crippen molar-refractivity contribution >= 4 is 23.4 Å². The molecule has 1 saturated carbocycles. The van der Waals surface area contributed by atoms with Gasteiger partial charge < -0.3 is 10.6 Å². The van der Waals surface area contributed by atoms with Crippen molar-refractivity contribution in [3.05, 3.63) is 34.6 Å². The van der Waals surface area contributed by atoms with Crippen LogP contribution in [0.25, 0.3) is 0 Å². The van der Waals surface area contributed by atoms with Crippen molar-refractivity contribution in [3.8, 4) is 0 Å². The summed E-state index contributed by atoms with van der Waals surface area (Å²) in [4.78, 5) is 24.2. The Morgan fingerprint density at radius 3 is 2.92 bits per heavy atom. The summed E-state index contributed by atoms with van der Waals surface area (Å²) in [6.45, 7) is 2.12. The molecule has 0 spiro atoms. The van der Waals surface area contributed by atoms with Crippen molar-refractivity contribution in [3.63, 3.8) is 0 Å². The van der Waals surface area contributed by atoms with Gasteiger partial charge in [-0.05, 0) is 43.2 Å². The van der Waals surface area contributed by atoms with E-state index in [9.17, 15) is 14.0 Å². The van der Waals surface area contributed by atoms with Gasteiger partial charge >= 0.3 is 0 Å². The fourth-order valence-corrected chi connectivity index (χ4v) is 4.38. The maximum atomic E-state index is 13.9. The molecule has 4 nitrogen and oxygen atoms in total. The summed E-state index contributed by atoms with van der Waals surface area (Å²) in [5.41, 5.74) is -0.111. The van der Waals surface area contributed by atoms with Gasteiger partial charge in [0.05, 0.1) is 10.6 Å². The SMILES string of the molecule is CCC1CC(=O)NC2CC(NC(=O)c3c(F)cccc3Cl)CCC12. The van der Waals surface area contributed by atoms with E-state index in [0.29, 0.717) is 24.7 Å². The smallest absolute Gasteiger partial charge is 0.255 e. The van der Waals surface area contributed by atoms with Gasteiger partial charge in [0.25, 0.3) is 5.91 Å². The number of benzene rings is 1. The Hall–Kier alpha value is -1.62. The second kappa shape index (κ2) is 7.09. The first-order chi connectivity index (χ1) is 11.5. The van der Waals surface area contributed by atoms with E-state index in [1.54, 1.807) is 0 Å². The summed E-state index contributed by atoms with van der Waals surface area (Å²) in [5.74, 6) is -0.132. The van der Waals surface area contributed by atoms with Gasteiger partial charge in [-0.15, -0.1) is 0 Å². The molecule has 2 fully saturated rings. The van der Waals surface area contributed by atoms with Gasteiger partial charge in [-0.2, -0.15) is 0 Å². The lowest BCUT2D eigenvalue weighted by molar-refractivity contribution is -0.127. The average molecular weight is 353 g/mol. The number of rotatable bonds is 3. The molecule has 1 aliphatic carbocycles. The predicted octanol–water partition coefficient (Wildman–Crippen LogP) is 3.29. The van der Waals surface area contributed by atoms with Crippen molar-refractivity contribution in [1.82, 2.24) is 10.6 Å². The molecule has 130 valence electrons. The molecule has 4 atom stereocenters. The Morgan fingerprint density at radius 2 is 2.21 bits per heavy atom. The molecule has 4 unspecified atom stereocenters. The standard InChI is InChI=1S/C18H22ClFN2O2/c1-2-10-8-16(23)22-15-9-11(6-7-12(10)15)21-18(24)17-13(19)4-3-5-14(17)20/h3-5,10-12,15H,2,6-9H2,1H3,(H,21,24)(H,22,23). The number of carbonyl (C=O) groups excluding carboxylic acids is 2. The van der Waals surface area contributed by atoms with Crippen molar-refractivity contribution in [2.45, 2.75) is 51.1 Å². The van der Waals surface area contributed by atoms with Crippen LogP contribution in [0.5, 0.6) is 0 Å². The van der Waals surface area contributed by atoms with Crippen LogP contribution in [0.4, 0.5) is 4.39 Å². The molecule has 6 heteroatoms. The van der Waals surface area contributed by atoms with Gasteiger partial charge in [-0.3, -0.25) is 9.59 Å². The van der Waals surface area contributed by atoms with Crippen LogP contribution in [0.1, 0.15) is 49.4 Å². The van der Waals surface area contributed by atoms with E-state index in [-0.39, 0.29) is 28.6 Å². The highest BCUT2D eigenvalue weighted by Gasteiger charge is 2.40. The molecule has 1 heterocycles. The van der Waals surface area contributed by atoms with Crippen LogP contribution in [0.2, 0.25) is 5.02 Å². The summed E-state index contributed by atoms with van der Waals surface area (Å²) in [5, 5.41) is 6.05. The Kier molecular flexibility index (Phi) is 5.09. The van der Waals surface area contributed by atoms with Crippen LogP contribution in [0.3, 0.4) is 0 Å². The molecule has 2 aliphatic rings. The maximum absolute atomic E-state index is 13.9. The Morgan fingerprint density at radius 1 is 1.42 bits per heavy atom. The van der Waals surface area contributed by atoms with Gasteiger partial charge in [0.2, 0.25) is 5.91 Å². The van der Waals surface area contributed by atoms with E-state index in [1.807, 2.05) is 0 Å². The van der Waals surface area contributed by atoms with Gasteiger partial charge in [0.1, 0.15) is 5.82 Å². The summed E-state index contributed by atoms with van der Waals surface area (Å²) >= 11 is 5.95. The average Bonchev–Trinajstić information content (AvgIpc) is 2.53. The minimum absolute atomic E-state index is 0.0784. The molecule has 24 heavy (non-hydrogen) atoms. The number of hydrogen-bond donors (Lipinski definition) is 2. The van der Waals surface area contributed by atoms with E-state index in [4.69, 9.17) is 11.6 Å². The van der Waals surface area contributed by atoms with E-state index < -0.39 is 11.7 Å². The summed E-state index contributed by atoms with van der Waals surface area (Å²) < 4.78 is 13.9. The molecular formula is C18H22ClFN2O2. The molecule has 1 saturated heterocycles. The Labute approximate surface area is 146 Å². The predicted molar refractivity (Wildman–Crippen MR) is 90.3 cm³/mol. The third kappa shape index (κ3) is 3.41. The summed E-state index contributed by atoms with van der Waals surface area (Å²) in [7, 11) is 0. The van der Waals surface area contributed by atoms with Crippen LogP contribution in [0.15, 0.2) is 18.2 Å². The summed E-state index contributed by atoms with van der Waals surface area (Å²) in [6, 6.07) is 4.22. The van der Waals surface area contributed by atoms with Crippen molar-refractivity contribution < 1.29 is 14.0 Å². The maximum Gasteiger partial charge on any atom is 0.255 e. The summed E-state index contributed by atoms with van der Waals surface area (Å²) in [6.07, 6.45) is 4.07. The largest absolute Gasteiger partial charge is 0.353 e. The van der Waals surface area contributed by atoms with Crippen molar-refractivity contribution in [2.75, 3.05) is 0 Å². The zero-order valence-electron chi connectivity index (χ0n) is 13.6. The highest BCUT2D eigenvalue weighted by molar-refractivity contribution is 6.33. The lowest BCUT2D eigenvalue weighted by Crippen LogP contribution is -2.55. The zero-order valence-corrected chi connectivity index (χ0v) is 14.4. The van der Waals surface area contributed by atoms with Gasteiger partial charge in [-0.1, -0.05) is 31.0 Å². The monoisotopic (exact) mass is 352 g/mol. The van der Waals surface area contributed by atoms with Crippen LogP contribution >= 0.6 is 11.6 Å². The quantitative estimate of drug-likeness (QED) is 0.877. The van der Waals surface area contributed by atoms with Crippen molar-refractivity contribution in [2.24, 2.45) is 11.8 Å². The second-order valence-corrected chi connectivity index (χ2v) is 7.20. The molecule has 1 aliphatic heterocycles. The molecule has 0 bridgehead atoms. The first kappa shape index (κ1) is 17.2. The number of fused-ring (bicyclic) bond motifs is 1. The van der Waals surface area contributed by atoms with E-state index >= 15 is 0 Å². The minimum Gasteiger partial charge on any atom is -0.353 e. The first-order valence-corrected chi connectivity index (χ1v) is 8.91. The number of hydrogen-bond acceptors (Lipinski definition) is 2. The number of nitrogens with one attached hydrogen (secondary N) is 2. The fourth-order valence-electron chi connectivity index (χ4n) is 4.13. The molecule has 2 amide bonds. The van der Waals surface area contributed by atoms with Crippen LogP contribution in [0, 0.1) is 17.7 Å². The van der Waals surface area contributed by atoms with Gasteiger partial charge in [0.15, 0.2) is 0 Å². The van der Waals surface area contributed by atoms with E-state index in [1.165, 1.54) is 18.2 Å². The van der Waals surface area contributed by atoms with Crippen LogP contribution in [-0.4, -0.2) is 23.9 Å². The zero-order chi connectivity index (χ0) is 17.3. The highest BCUT2D eigenvalue weighted by atomic mass is 35.5. The molecule has 2 N–H and O–H groups in total. The third-order valence-electron chi connectivity index (χ3n) is 5.35. The van der Waals surface area contributed by atoms with Gasteiger partial charge in [-0.25, -0.2) is 4.39 Å². The van der Waals surface area contributed by atoms with Crippen LogP contribution in [-0.2, 0) is 4.79 Å². The molecule has 3 rings (SSSR count). The highest BCUT2D eigenvalue weighted by Crippen LogP contribution is 2.37. The van der Waals surface area contributed by atoms with E-state index in [2.05, 4.69) is 17.6 Å². The first-order valence-electron chi connectivity index (χ1n) is 8.53. The Balaban J connectivity index is 1.67. The lowest BCUT2D eigenvalue weighted by Gasteiger charge is -2.44. The normalized spacial score (nSPS) is 29.5. The van der Waals surface area contributed by atoms with E-state index in [0.717, 1.165) is 19.3 Å². The topological polar surface area (TPSA) is 58.2 Å². The number of piperidine rings is 1. The number of amides is 2. The number of halogens is 2. The second-order valence-electron chi connectivity index (χ2n) is 6.79. The Bertz CT molecular complexity index is 632. The van der Waals surface area contributed by atoms with Crippen molar-refractivity contribution in [1.29, 1.82) is 0 Å². The molecule has 1 aromatic carbocycles. The molecule has 1 aromatic rings. The third-order valence-corrected chi connectivity index (χ3v) is 5.67. The molecule has 0 radical (unpaired) electrons.